The molecule has 2 N–H and O–H groups in total. The number of carbonyl (C=O) groups excluding carboxylic acids is 2. The predicted molar refractivity (Wildman–Crippen MR) is 60.1 cm³/mol. The summed E-state index contributed by atoms with van der Waals surface area (Å²) < 4.78 is 5.09. The van der Waals surface area contributed by atoms with Crippen molar-refractivity contribution in [2.24, 2.45) is 0 Å². The molecule has 1 aliphatic rings. The zero-order chi connectivity index (χ0) is 12.4. The van der Waals surface area contributed by atoms with Gasteiger partial charge < -0.3 is 15.4 Å². The molecule has 6 heteroatoms. The Bertz CT molecular complexity index is 444. The topological polar surface area (TPSA) is 85.5 Å². The normalized spacial score (nSPS) is 19.5. The molecule has 90 valence electrons. The molecule has 1 unspecified atom stereocenters. The standard InChI is InChI=1S/C11H13N3O3/c1-14-5-4-9(10(14)15)17-11(16)8-3-2-7(12)6-13-8/h2-3,6,9H,4-5,12H2,1H3. The van der Waals surface area contributed by atoms with Crippen LogP contribution in [-0.2, 0) is 9.53 Å². The number of pyridine rings is 1. The van der Waals surface area contributed by atoms with Gasteiger partial charge in [0.05, 0.1) is 11.9 Å². The highest BCUT2D eigenvalue weighted by Gasteiger charge is 2.32. The molecular formula is C11H13N3O3. The van der Waals surface area contributed by atoms with Crippen molar-refractivity contribution in [2.75, 3.05) is 19.3 Å². The van der Waals surface area contributed by atoms with Crippen molar-refractivity contribution in [3.8, 4) is 0 Å². The average Bonchev–Trinajstić information content (AvgIpc) is 2.62. The maximum absolute atomic E-state index is 11.7. The minimum absolute atomic E-state index is 0.154. The molecule has 0 radical (unpaired) electrons. The number of amides is 1. The first-order chi connectivity index (χ1) is 8.08. The van der Waals surface area contributed by atoms with E-state index in [1.54, 1.807) is 13.1 Å². The molecule has 0 spiro atoms. The number of carbonyl (C=O) groups is 2. The number of likely N-dealkylation sites (tertiary alicyclic amines) is 1. The van der Waals surface area contributed by atoms with E-state index in [0.717, 1.165) is 0 Å². The third-order valence-corrected chi connectivity index (χ3v) is 2.62. The van der Waals surface area contributed by atoms with Crippen molar-refractivity contribution >= 4 is 17.6 Å². The molecule has 6 nitrogen and oxygen atoms in total. The summed E-state index contributed by atoms with van der Waals surface area (Å²) in [6.45, 7) is 0.603. The van der Waals surface area contributed by atoms with Gasteiger partial charge in [-0.25, -0.2) is 9.78 Å². The zero-order valence-corrected chi connectivity index (χ0v) is 9.42. The van der Waals surface area contributed by atoms with E-state index in [-0.39, 0.29) is 11.6 Å². The number of hydrogen-bond acceptors (Lipinski definition) is 5. The SMILES string of the molecule is CN1CCC(OC(=O)c2ccc(N)cn2)C1=O. The summed E-state index contributed by atoms with van der Waals surface area (Å²) in [6, 6.07) is 3.03. The molecule has 1 atom stereocenters. The van der Waals surface area contributed by atoms with E-state index in [9.17, 15) is 9.59 Å². The van der Waals surface area contributed by atoms with Gasteiger partial charge in [-0.1, -0.05) is 0 Å². The van der Waals surface area contributed by atoms with Gasteiger partial charge in [0.25, 0.3) is 5.91 Å². The highest BCUT2D eigenvalue weighted by Crippen LogP contribution is 2.14. The summed E-state index contributed by atoms with van der Waals surface area (Å²) in [5.41, 5.74) is 6.08. The van der Waals surface area contributed by atoms with Crippen molar-refractivity contribution < 1.29 is 14.3 Å². The number of hydrogen-bond donors (Lipinski definition) is 1. The van der Waals surface area contributed by atoms with Crippen LogP contribution in [0.5, 0.6) is 0 Å². The first-order valence-electron chi connectivity index (χ1n) is 5.25. The van der Waals surface area contributed by atoms with Gasteiger partial charge in [-0.2, -0.15) is 0 Å². The second-order valence-electron chi connectivity index (χ2n) is 3.92. The van der Waals surface area contributed by atoms with E-state index in [2.05, 4.69) is 4.98 Å². The molecule has 1 saturated heterocycles. The van der Waals surface area contributed by atoms with Crippen molar-refractivity contribution in [3.05, 3.63) is 24.0 Å². The smallest absolute Gasteiger partial charge is 0.357 e. The Labute approximate surface area is 98.4 Å². The summed E-state index contributed by atoms with van der Waals surface area (Å²) in [5, 5.41) is 0. The maximum Gasteiger partial charge on any atom is 0.357 e. The number of nitrogens with two attached hydrogens (primary N) is 1. The first kappa shape index (κ1) is 11.4. The first-order valence-corrected chi connectivity index (χ1v) is 5.25. The van der Waals surface area contributed by atoms with Gasteiger partial charge in [0.1, 0.15) is 5.69 Å². The fourth-order valence-electron chi connectivity index (χ4n) is 1.62. The van der Waals surface area contributed by atoms with Crippen LogP contribution in [0.1, 0.15) is 16.9 Å². The lowest BCUT2D eigenvalue weighted by atomic mass is 10.3. The number of ether oxygens (including phenoxy) is 1. The molecule has 17 heavy (non-hydrogen) atoms. The highest BCUT2D eigenvalue weighted by molar-refractivity contribution is 5.91. The summed E-state index contributed by atoms with van der Waals surface area (Å²) >= 11 is 0. The second-order valence-corrected chi connectivity index (χ2v) is 3.92. The quantitative estimate of drug-likeness (QED) is 0.732. The molecule has 0 saturated carbocycles. The Morgan fingerprint density at radius 2 is 2.35 bits per heavy atom. The van der Waals surface area contributed by atoms with Crippen molar-refractivity contribution in [3.63, 3.8) is 0 Å². The summed E-state index contributed by atoms with van der Waals surface area (Å²) in [4.78, 5) is 28.6. The van der Waals surface area contributed by atoms with Gasteiger partial charge in [0, 0.05) is 20.0 Å². The molecule has 1 aliphatic heterocycles. The monoisotopic (exact) mass is 235 g/mol. The van der Waals surface area contributed by atoms with Crippen LogP contribution >= 0.6 is 0 Å². The zero-order valence-electron chi connectivity index (χ0n) is 9.42. The summed E-state index contributed by atoms with van der Waals surface area (Å²) in [5.74, 6) is -0.771. The molecule has 1 aromatic rings. The lowest BCUT2D eigenvalue weighted by Crippen LogP contribution is -2.29. The number of likely N-dealkylation sites (N-methyl/N-ethyl adjacent to an activating group) is 1. The Kier molecular flexibility index (Phi) is 2.95. The third-order valence-electron chi connectivity index (χ3n) is 2.62. The van der Waals surface area contributed by atoms with Gasteiger partial charge in [0.2, 0.25) is 0 Å². The van der Waals surface area contributed by atoms with Crippen LogP contribution in [0.2, 0.25) is 0 Å². The van der Waals surface area contributed by atoms with E-state index in [4.69, 9.17) is 10.5 Å². The number of anilines is 1. The molecule has 2 heterocycles. The second kappa shape index (κ2) is 4.40. The number of nitrogen functional groups attached to an aromatic ring is 1. The Morgan fingerprint density at radius 1 is 1.59 bits per heavy atom. The molecule has 1 aromatic heterocycles. The van der Waals surface area contributed by atoms with E-state index >= 15 is 0 Å². The van der Waals surface area contributed by atoms with Crippen LogP contribution in [0.3, 0.4) is 0 Å². The van der Waals surface area contributed by atoms with Crippen molar-refractivity contribution in [1.29, 1.82) is 0 Å². The van der Waals surface area contributed by atoms with Gasteiger partial charge in [-0.05, 0) is 12.1 Å². The highest BCUT2D eigenvalue weighted by atomic mass is 16.5. The molecule has 0 bridgehead atoms. The van der Waals surface area contributed by atoms with E-state index in [0.29, 0.717) is 18.7 Å². The predicted octanol–water partition coefficient (Wildman–Crippen LogP) is 0.0513. The van der Waals surface area contributed by atoms with Crippen LogP contribution in [-0.4, -0.2) is 41.5 Å². The largest absolute Gasteiger partial charge is 0.447 e. The molecule has 2 rings (SSSR count). The average molecular weight is 235 g/mol. The Hall–Kier alpha value is -2.11. The lowest BCUT2D eigenvalue weighted by Gasteiger charge is -2.11. The van der Waals surface area contributed by atoms with Crippen LogP contribution in [0.25, 0.3) is 0 Å². The van der Waals surface area contributed by atoms with Crippen molar-refractivity contribution in [2.45, 2.75) is 12.5 Å². The fraction of sp³-hybridized carbons (Fsp3) is 0.364. The van der Waals surface area contributed by atoms with Crippen LogP contribution in [0.4, 0.5) is 5.69 Å². The van der Waals surface area contributed by atoms with Crippen molar-refractivity contribution in [1.82, 2.24) is 9.88 Å². The van der Waals surface area contributed by atoms with E-state index < -0.39 is 12.1 Å². The molecule has 1 fully saturated rings. The van der Waals surface area contributed by atoms with E-state index in [1.807, 2.05) is 0 Å². The summed E-state index contributed by atoms with van der Waals surface area (Å²) in [6.07, 6.45) is 1.21. The van der Waals surface area contributed by atoms with Crippen LogP contribution in [0.15, 0.2) is 18.3 Å². The molecule has 0 aliphatic carbocycles. The maximum atomic E-state index is 11.7. The Morgan fingerprint density at radius 3 is 2.88 bits per heavy atom. The van der Waals surface area contributed by atoms with E-state index in [1.165, 1.54) is 17.2 Å². The number of esters is 1. The third kappa shape index (κ3) is 2.35. The molecule has 1 amide bonds. The fourth-order valence-corrected chi connectivity index (χ4v) is 1.62. The molecule has 0 aromatic carbocycles. The van der Waals surface area contributed by atoms with Crippen LogP contribution in [0, 0.1) is 0 Å². The number of rotatable bonds is 2. The lowest BCUT2D eigenvalue weighted by molar-refractivity contribution is -0.133. The van der Waals surface area contributed by atoms with Gasteiger partial charge in [-0.3, -0.25) is 4.79 Å². The van der Waals surface area contributed by atoms with Gasteiger partial charge in [0.15, 0.2) is 6.10 Å². The van der Waals surface area contributed by atoms with Gasteiger partial charge in [-0.15, -0.1) is 0 Å². The number of nitrogens with zero attached hydrogens (tertiary/aromatic N) is 2. The van der Waals surface area contributed by atoms with Gasteiger partial charge >= 0.3 is 5.97 Å². The molecular weight excluding hydrogens is 222 g/mol. The van der Waals surface area contributed by atoms with Crippen LogP contribution < -0.4 is 5.73 Å². The minimum Gasteiger partial charge on any atom is -0.447 e. The number of aromatic nitrogens is 1. The Balaban J connectivity index is 2.02. The summed E-state index contributed by atoms with van der Waals surface area (Å²) in [7, 11) is 1.68. The minimum atomic E-state index is -0.688.